The molecule has 134 valence electrons. The van der Waals surface area contributed by atoms with Crippen LogP contribution in [0, 0.1) is 5.41 Å². The largest absolute Gasteiger partial charge is 0.392 e. The van der Waals surface area contributed by atoms with Crippen molar-refractivity contribution in [2.24, 2.45) is 11.1 Å². The fraction of sp³-hybridized carbons (Fsp3) is 0.765. The first kappa shape index (κ1) is 17.4. The lowest BCUT2D eigenvalue weighted by Crippen LogP contribution is -2.63. The number of hydrogen-bond acceptors (Lipinski definition) is 6. The molecule has 2 heterocycles. The molecule has 0 aromatic carbocycles. The molecule has 1 spiro atoms. The van der Waals surface area contributed by atoms with Crippen LogP contribution in [0.15, 0.2) is 10.6 Å². The molecule has 24 heavy (non-hydrogen) atoms. The van der Waals surface area contributed by atoms with Crippen LogP contribution in [0.2, 0.25) is 0 Å². The normalized spacial score (nSPS) is 26.0. The van der Waals surface area contributed by atoms with Gasteiger partial charge in [0.2, 0.25) is 0 Å². The fourth-order valence-corrected chi connectivity index (χ4v) is 3.78. The first-order chi connectivity index (χ1) is 11.5. The van der Waals surface area contributed by atoms with E-state index in [9.17, 15) is 9.90 Å². The Morgan fingerprint density at radius 1 is 1.54 bits per heavy atom. The molecule has 0 unspecified atom stereocenters. The van der Waals surface area contributed by atoms with E-state index in [2.05, 4.69) is 5.16 Å². The Labute approximate surface area is 142 Å². The maximum atomic E-state index is 12.6. The summed E-state index contributed by atoms with van der Waals surface area (Å²) in [6.45, 7) is 6.19. The molecule has 7 heteroatoms. The first-order valence-electron chi connectivity index (χ1n) is 8.73. The van der Waals surface area contributed by atoms with Gasteiger partial charge in [0.15, 0.2) is 5.69 Å². The van der Waals surface area contributed by atoms with Gasteiger partial charge in [0.1, 0.15) is 5.76 Å². The lowest BCUT2D eigenvalue weighted by atomic mass is 9.58. The number of hydrogen-bond donors (Lipinski definition) is 2. The second-order valence-corrected chi connectivity index (χ2v) is 7.19. The number of piperidine rings is 1. The van der Waals surface area contributed by atoms with Crippen molar-refractivity contribution < 1.29 is 19.2 Å². The minimum atomic E-state index is -0.350. The molecular weight excluding hydrogens is 310 g/mol. The topological polar surface area (TPSA) is 102 Å². The van der Waals surface area contributed by atoms with Crippen LogP contribution in [0.25, 0.3) is 0 Å². The van der Waals surface area contributed by atoms with E-state index >= 15 is 0 Å². The molecule has 1 aliphatic heterocycles. The van der Waals surface area contributed by atoms with Crippen LogP contribution < -0.4 is 5.73 Å². The zero-order chi connectivity index (χ0) is 17.3. The van der Waals surface area contributed by atoms with Gasteiger partial charge < -0.3 is 25.0 Å². The average molecular weight is 337 g/mol. The van der Waals surface area contributed by atoms with E-state index in [0.717, 1.165) is 18.6 Å². The summed E-state index contributed by atoms with van der Waals surface area (Å²) >= 11 is 0. The Balaban J connectivity index is 1.60. The van der Waals surface area contributed by atoms with Crippen molar-refractivity contribution in [2.75, 3.05) is 26.2 Å². The summed E-state index contributed by atoms with van der Waals surface area (Å²) in [5, 5.41) is 14.2. The lowest BCUT2D eigenvalue weighted by Gasteiger charge is -2.56. The van der Waals surface area contributed by atoms with E-state index in [-0.39, 0.29) is 29.4 Å². The van der Waals surface area contributed by atoms with Crippen LogP contribution in [0.3, 0.4) is 0 Å². The third kappa shape index (κ3) is 2.96. The number of aromatic nitrogens is 1. The third-order valence-electron chi connectivity index (χ3n) is 5.48. The van der Waals surface area contributed by atoms with Gasteiger partial charge in [-0.15, -0.1) is 0 Å². The summed E-state index contributed by atoms with van der Waals surface area (Å²) in [5.74, 6) is 0.819. The number of likely N-dealkylation sites (tertiary alicyclic amines) is 1. The Morgan fingerprint density at radius 2 is 2.25 bits per heavy atom. The SMILES string of the molecule is CC(C)c1cc(C(=O)N2CCC3(CC2)[C@H](O)C[C@@H]3OCCN)no1. The molecule has 2 fully saturated rings. The van der Waals surface area contributed by atoms with Gasteiger partial charge in [-0.1, -0.05) is 19.0 Å². The number of aliphatic hydroxyl groups is 1. The van der Waals surface area contributed by atoms with Crippen LogP contribution in [-0.4, -0.2) is 59.5 Å². The summed E-state index contributed by atoms with van der Waals surface area (Å²) in [6.07, 6.45) is 1.84. The standard InChI is InChI=1S/C17H27N3O4/c1-11(2)13-9-12(19-24-13)16(22)20-6-3-17(4-7-20)14(21)10-15(17)23-8-5-18/h9,11,14-15,21H,3-8,10,18H2,1-2H3/t14-,15+/m1/s1. The predicted octanol–water partition coefficient (Wildman–Crippen LogP) is 1.13. The fourth-order valence-electron chi connectivity index (χ4n) is 3.78. The molecular formula is C17H27N3O4. The van der Waals surface area contributed by atoms with E-state index in [1.165, 1.54) is 0 Å². The average Bonchev–Trinajstić information content (AvgIpc) is 3.08. The Morgan fingerprint density at radius 3 is 2.79 bits per heavy atom. The van der Waals surface area contributed by atoms with Crippen molar-refractivity contribution in [1.82, 2.24) is 10.1 Å². The second-order valence-electron chi connectivity index (χ2n) is 7.19. The highest BCUT2D eigenvalue weighted by Crippen LogP contribution is 2.51. The van der Waals surface area contributed by atoms with Gasteiger partial charge in [0.05, 0.1) is 18.8 Å². The molecule has 1 aliphatic carbocycles. The molecule has 1 saturated carbocycles. The van der Waals surface area contributed by atoms with E-state index < -0.39 is 0 Å². The number of amides is 1. The molecule has 1 saturated heterocycles. The van der Waals surface area contributed by atoms with Crippen molar-refractivity contribution >= 4 is 5.91 Å². The lowest BCUT2D eigenvalue weighted by molar-refractivity contribution is -0.208. The van der Waals surface area contributed by atoms with E-state index in [1.54, 1.807) is 11.0 Å². The van der Waals surface area contributed by atoms with Gasteiger partial charge in [-0.3, -0.25) is 4.79 Å². The van der Waals surface area contributed by atoms with Crippen molar-refractivity contribution in [1.29, 1.82) is 0 Å². The number of carbonyl (C=O) groups is 1. The molecule has 1 aromatic heterocycles. The molecule has 3 rings (SSSR count). The zero-order valence-corrected chi connectivity index (χ0v) is 14.4. The number of rotatable bonds is 5. The summed E-state index contributed by atoms with van der Waals surface area (Å²) < 4.78 is 11.0. The maximum Gasteiger partial charge on any atom is 0.276 e. The number of ether oxygens (including phenoxy) is 1. The molecule has 7 nitrogen and oxygen atoms in total. The van der Waals surface area contributed by atoms with Gasteiger partial charge in [0.25, 0.3) is 5.91 Å². The van der Waals surface area contributed by atoms with Gasteiger partial charge in [-0.05, 0) is 12.8 Å². The van der Waals surface area contributed by atoms with Gasteiger partial charge in [-0.25, -0.2) is 0 Å². The predicted molar refractivity (Wildman–Crippen MR) is 87.6 cm³/mol. The molecule has 0 radical (unpaired) electrons. The number of carbonyl (C=O) groups excluding carboxylic acids is 1. The van der Waals surface area contributed by atoms with Crippen LogP contribution in [0.4, 0.5) is 0 Å². The maximum absolute atomic E-state index is 12.6. The minimum absolute atomic E-state index is 0.0490. The van der Waals surface area contributed by atoms with Crippen LogP contribution >= 0.6 is 0 Å². The van der Waals surface area contributed by atoms with Gasteiger partial charge >= 0.3 is 0 Å². The Hall–Kier alpha value is -1.44. The van der Waals surface area contributed by atoms with Crippen molar-refractivity contribution in [3.63, 3.8) is 0 Å². The zero-order valence-electron chi connectivity index (χ0n) is 14.4. The monoisotopic (exact) mass is 337 g/mol. The smallest absolute Gasteiger partial charge is 0.276 e. The first-order valence-corrected chi connectivity index (χ1v) is 8.73. The highest BCUT2D eigenvalue weighted by Gasteiger charge is 2.56. The summed E-state index contributed by atoms with van der Waals surface area (Å²) in [5.41, 5.74) is 5.64. The number of aliphatic hydroxyl groups excluding tert-OH is 1. The third-order valence-corrected chi connectivity index (χ3v) is 5.48. The van der Waals surface area contributed by atoms with Crippen molar-refractivity contribution in [2.45, 2.75) is 51.2 Å². The molecule has 1 aromatic rings. The van der Waals surface area contributed by atoms with Crippen LogP contribution in [0.5, 0.6) is 0 Å². The molecule has 0 bridgehead atoms. The van der Waals surface area contributed by atoms with E-state index in [0.29, 0.717) is 38.4 Å². The van der Waals surface area contributed by atoms with E-state index in [1.807, 2.05) is 13.8 Å². The van der Waals surface area contributed by atoms with Crippen LogP contribution in [0.1, 0.15) is 55.3 Å². The van der Waals surface area contributed by atoms with Crippen molar-refractivity contribution in [3.8, 4) is 0 Å². The van der Waals surface area contributed by atoms with Crippen LogP contribution in [-0.2, 0) is 4.74 Å². The Kier molecular flexibility index (Phi) is 4.94. The molecule has 3 N–H and O–H groups in total. The van der Waals surface area contributed by atoms with Crippen molar-refractivity contribution in [3.05, 3.63) is 17.5 Å². The summed E-state index contributed by atoms with van der Waals surface area (Å²) in [7, 11) is 0. The highest BCUT2D eigenvalue weighted by atomic mass is 16.5. The van der Waals surface area contributed by atoms with Gasteiger partial charge in [0, 0.05) is 43.5 Å². The molecule has 1 amide bonds. The number of nitrogens with zero attached hydrogens (tertiary/aromatic N) is 2. The minimum Gasteiger partial charge on any atom is -0.392 e. The van der Waals surface area contributed by atoms with Gasteiger partial charge in [-0.2, -0.15) is 0 Å². The second kappa shape index (κ2) is 6.82. The molecule has 2 aliphatic rings. The quantitative estimate of drug-likeness (QED) is 0.835. The summed E-state index contributed by atoms with van der Waals surface area (Å²) in [4.78, 5) is 14.4. The summed E-state index contributed by atoms with van der Waals surface area (Å²) in [6, 6.07) is 1.72. The highest BCUT2D eigenvalue weighted by molar-refractivity contribution is 5.92. The van der Waals surface area contributed by atoms with E-state index in [4.69, 9.17) is 15.0 Å². The number of nitrogens with two attached hydrogens (primary N) is 1. The Bertz CT molecular complexity index is 578. The molecule has 2 atom stereocenters.